The summed E-state index contributed by atoms with van der Waals surface area (Å²) in [6, 6.07) is 8.64. The molecular weight excluding hydrogens is 354 g/mol. The first-order valence-corrected chi connectivity index (χ1v) is 10.6. The van der Waals surface area contributed by atoms with Gasteiger partial charge in [0.15, 0.2) is 0 Å². The van der Waals surface area contributed by atoms with E-state index in [1.807, 2.05) is 0 Å². The van der Waals surface area contributed by atoms with Crippen LogP contribution in [0.4, 0.5) is 0 Å². The zero-order valence-corrected chi connectivity index (χ0v) is 16.3. The summed E-state index contributed by atoms with van der Waals surface area (Å²) in [6.45, 7) is 7.87. The molecule has 0 bridgehead atoms. The van der Waals surface area contributed by atoms with E-state index in [1.165, 1.54) is 16.4 Å². The molecule has 2 aliphatic rings. The van der Waals surface area contributed by atoms with Crippen molar-refractivity contribution < 1.29 is 18.6 Å². The molecule has 7 nitrogen and oxygen atoms in total. The molecule has 26 heavy (non-hydrogen) atoms. The van der Waals surface area contributed by atoms with Gasteiger partial charge >= 0.3 is 0 Å². The topological polar surface area (TPSA) is 84.3 Å². The second-order valence-electron chi connectivity index (χ2n) is 7.64. The lowest BCUT2D eigenvalue weighted by Crippen LogP contribution is -2.56. The molecular formula is C18H29N3O4S. The third-order valence-corrected chi connectivity index (χ3v) is 7.29. The van der Waals surface area contributed by atoms with Crippen molar-refractivity contribution in [2.75, 3.05) is 45.8 Å². The van der Waals surface area contributed by atoms with Crippen molar-refractivity contribution in [1.29, 1.82) is 0 Å². The minimum atomic E-state index is -3.72. The third kappa shape index (κ3) is 3.95. The van der Waals surface area contributed by atoms with Gasteiger partial charge in [-0.3, -0.25) is 9.80 Å². The number of hydrogen-bond donors (Lipinski definition) is 2. The molecule has 2 saturated heterocycles. The second-order valence-corrected chi connectivity index (χ2v) is 9.57. The van der Waals surface area contributed by atoms with Crippen LogP contribution in [0, 0.1) is 0 Å². The average molecular weight is 384 g/mol. The van der Waals surface area contributed by atoms with Crippen LogP contribution in [0.1, 0.15) is 13.8 Å². The lowest BCUT2D eigenvalue weighted by Gasteiger charge is -2.40. The maximum atomic E-state index is 12.8. The zero-order chi connectivity index (χ0) is 18.9. The lowest BCUT2D eigenvalue weighted by atomic mass is 9.99. The minimum Gasteiger partial charge on any atom is -0.389 e. The highest BCUT2D eigenvalue weighted by atomic mass is 32.2. The number of hydrogen-bond acceptors (Lipinski definition) is 6. The molecule has 2 aliphatic heterocycles. The smallest absolute Gasteiger partial charge is 0.243 e. The van der Waals surface area contributed by atoms with E-state index < -0.39 is 21.7 Å². The zero-order valence-electron chi connectivity index (χ0n) is 15.5. The fraction of sp³-hybridized carbons (Fsp3) is 0.667. The Balaban J connectivity index is 1.66. The van der Waals surface area contributed by atoms with Crippen LogP contribution in [-0.2, 0) is 10.0 Å². The van der Waals surface area contributed by atoms with Gasteiger partial charge in [-0.15, -0.1) is 0 Å². The fourth-order valence-electron chi connectivity index (χ4n) is 3.74. The Bertz CT molecular complexity index is 704. The van der Waals surface area contributed by atoms with Crippen LogP contribution >= 0.6 is 0 Å². The molecule has 146 valence electrons. The van der Waals surface area contributed by atoms with E-state index in [4.69, 9.17) is 0 Å². The van der Waals surface area contributed by atoms with Crippen molar-refractivity contribution in [3.05, 3.63) is 30.3 Å². The number of nitrogens with zero attached hydrogens (tertiary/aromatic N) is 3. The first-order valence-electron chi connectivity index (χ1n) is 9.14. The number of rotatable bonds is 5. The normalized spacial score (nSPS) is 29.5. The highest BCUT2D eigenvalue weighted by Gasteiger charge is 2.49. The summed E-state index contributed by atoms with van der Waals surface area (Å²) in [5.74, 6) is 0. The monoisotopic (exact) mass is 383 g/mol. The van der Waals surface area contributed by atoms with Gasteiger partial charge in [0.05, 0.1) is 11.0 Å². The van der Waals surface area contributed by atoms with Crippen molar-refractivity contribution >= 4 is 10.0 Å². The van der Waals surface area contributed by atoms with Gasteiger partial charge in [0.2, 0.25) is 10.0 Å². The quantitative estimate of drug-likeness (QED) is 0.733. The molecule has 8 heteroatoms. The van der Waals surface area contributed by atoms with Crippen LogP contribution in [-0.4, -0.2) is 96.3 Å². The number of sulfonamides is 1. The van der Waals surface area contributed by atoms with Gasteiger partial charge in [0.1, 0.15) is 5.60 Å². The number of aliphatic hydroxyl groups excluding tert-OH is 1. The van der Waals surface area contributed by atoms with E-state index in [9.17, 15) is 18.6 Å². The van der Waals surface area contributed by atoms with Crippen LogP contribution in [0.25, 0.3) is 0 Å². The molecule has 2 atom stereocenters. The molecule has 0 spiro atoms. The molecule has 0 aromatic heterocycles. The van der Waals surface area contributed by atoms with Gasteiger partial charge in [0, 0.05) is 51.9 Å². The Hall–Kier alpha value is -1.03. The van der Waals surface area contributed by atoms with Crippen molar-refractivity contribution in [3.8, 4) is 0 Å². The Morgan fingerprint density at radius 1 is 1.15 bits per heavy atom. The standard InChI is InChI=1S/C18H29N3O4S/c1-15(2)20-10-8-19(9-11-20)13-18(23)14-21(12-17(18)22)26(24,25)16-6-4-3-5-7-16/h3-7,15,17,22-23H,8-14H2,1-2H3/t17-,18+/m1/s1. The third-order valence-electron chi connectivity index (χ3n) is 5.46. The van der Waals surface area contributed by atoms with Gasteiger partial charge in [-0.1, -0.05) is 18.2 Å². The van der Waals surface area contributed by atoms with Crippen LogP contribution in [0.15, 0.2) is 35.2 Å². The molecule has 3 rings (SSSR count). The van der Waals surface area contributed by atoms with Crippen molar-refractivity contribution in [2.45, 2.75) is 36.5 Å². The molecule has 1 aromatic carbocycles. The number of benzene rings is 1. The molecule has 2 fully saturated rings. The van der Waals surface area contributed by atoms with E-state index in [0.29, 0.717) is 6.04 Å². The molecule has 0 unspecified atom stereocenters. The van der Waals surface area contributed by atoms with Crippen molar-refractivity contribution in [3.63, 3.8) is 0 Å². The molecule has 0 amide bonds. The van der Waals surface area contributed by atoms with Gasteiger partial charge in [-0.25, -0.2) is 8.42 Å². The van der Waals surface area contributed by atoms with Crippen molar-refractivity contribution in [2.24, 2.45) is 0 Å². The summed E-state index contributed by atoms with van der Waals surface area (Å²) >= 11 is 0. The summed E-state index contributed by atoms with van der Waals surface area (Å²) in [7, 11) is -3.72. The summed E-state index contributed by atoms with van der Waals surface area (Å²) in [6.07, 6.45) is -1.09. The highest BCUT2D eigenvalue weighted by molar-refractivity contribution is 7.89. The number of aliphatic hydroxyl groups is 2. The molecule has 0 saturated carbocycles. The van der Waals surface area contributed by atoms with E-state index in [2.05, 4.69) is 23.6 Å². The van der Waals surface area contributed by atoms with Gasteiger partial charge in [-0.2, -0.15) is 4.31 Å². The Labute approximate surface area is 155 Å². The predicted molar refractivity (Wildman–Crippen MR) is 99.3 cm³/mol. The maximum absolute atomic E-state index is 12.8. The van der Waals surface area contributed by atoms with Gasteiger partial charge in [0.25, 0.3) is 0 Å². The summed E-state index contributed by atoms with van der Waals surface area (Å²) in [5.41, 5.74) is -1.44. The Morgan fingerprint density at radius 3 is 2.35 bits per heavy atom. The molecule has 1 aromatic rings. The summed E-state index contributed by atoms with van der Waals surface area (Å²) in [4.78, 5) is 4.67. The van der Waals surface area contributed by atoms with E-state index in [0.717, 1.165) is 26.2 Å². The van der Waals surface area contributed by atoms with Gasteiger partial charge in [-0.05, 0) is 26.0 Å². The number of piperazine rings is 1. The van der Waals surface area contributed by atoms with Crippen LogP contribution in [0.2, 0.25) is 0 Å². The highest BCUT2D eigenvalue weighted by Crippen LogP contribution is 2.28. The first-order chi connectivity index (χ1) is 12.2. The molecule has 0 radical (unpaired) electrons. The van der Waals surface area contributed by atoms with E-state index in [-0.39, 0.29) is 24.5 Å². The molecule has 0 aliphatic carbocycles. The largest absolute Gasteiger partial charge is 0.389 e. The van der Waals surface area contributed by atoms with Crippen molar-refractivity contribution in [1.82, 2.24) is 14.1 Å². The van der Waals surface area contributed by atoms with Crippen LogP contribution in [0.3, 0.4) is 0 Å². The first kappa shape index (κ1) is 19.7. The SMILES string of the molecule is CC(C)N1CCN(C[C@]2(O)CN(S(=O)(=O)c3ccccc3)C[C@H]2O)CC1. The minimum absolute atomic E-state index is 0.0836. The predicted octanol–water partition coefficient (Wildman–Crippen LogP) is -0.191. The summed E-state index contributed by atoms with van der Waals surface area (Å²) < 4.78 is 26.7. The van der Waals surface area contributed by atoms with E-state index >= 15 is 0 Å². The van der Waals surface area contributed by atoms with Crippen LogP contribution in [0.5, 0.6) is 0 Å². The van der Waals surface area contributed by atoms with Gasteiger partial charge < -0.3 is 10.2 Å². The Morgan fingerprint density at radius 2 is 1.77 bits per heavy atom. The number of β-amino-alcohol motifs (C(OH)–C–C–N with tert-alkyl or cyclic N) is 2. The Kier molecular flexibility index (Phi) is 5.72. The molecule has 2 heterocycles. The van der Waals surface area contributed by atoms with Crippen LogP contribution < -0.4 is 0 Å². The second kappa shape index (κ2) is 7.53. The molecule has 2 N–H and O–H groups in total. The van der Waals surface area contributed by atoms with E-state index in [1.54, 1.807) is 18.2 Å². The summed E-state index contributed by atoms with van der Waals surface area (Å²) in [5, 5.41) is 21.4. The average Bonchev–Trinajstić information content (AvgIpc) is 2.91. The lowest BCUT2D eigenvalue weighted by molar-refractivity contribution is -0.0677. The fourth-order valence-corrected chi connectivity index (χ4v) is 5.27. The maximum Gasteiger partial charge on any atom is 0.243 e.